The first-order chi connectivity index (χ1) is 13.4. The van der Waals surface area contributed by atoms with E-state index in [2.05, 4.69) is 25.3 Å². The van der Waals surface area contributed by atoms with Crippen molar-refractivity contribution < 1.29 is 0 Å². The van der Waals surface area contributed by atoms with Crippen LogP contribution in [0, 0.1) is 0 Å². The molecule has 0 N–H and O–H groups in total. The Kier molecular flexibility index (Phi) is 27.4. The fourth-order valence-electron chi connectivity index (χ4n) is 3.94. The zero-order valence-electron chi connectivity index (χ0n) is 18.6. The van der Waals surface area contributed by atoms with Crippen molar-refractivity contribution in [2.24, 2.45) is 0 Å². The molecule has 0 heterocycles. The average molecular weight is 417 g/mol. The van der Waals surface area contributed by atoms with Crippen molar-refractivity contribution in [1.29, 1.82) is 0 Å². The Morgan fingerprint density at radius 2 is 0.296 bits per heavy atom. The van der Waals surface area contributed by atoms with Gasteiger partial charge in [0.25, 0.3) is 0 Å². The number of thiol groups is 2. The van der Waals surface area contributed by atoms with Crippen LogP contribution in [0.4, 0.5) is 0 Å². The van der Waals surface area contributed by atoms with Crippen molar-refractivity contribution in [3.8, 4) is 0 Å². The Balaban J connectivity index is 2.95. The summed E-state index contributed by atoms with van der Waals surface area (Å²) in [6.07, 6.45) is 33.3. The maximum Gasteiger partial charge on any atom is -0.00979 e. The van der Waals surface area contributed by atoms with Crippen molar-refractivity contribution in [3.05, 3.63) is 0 Å². The van der Waals surface area contributed by atoms with Gasteiger partial charge in [-0.05, 0) is 24.3 Å². The summed E-state index contributed by atoms with van der Waals surface area (Å²) in [7, 11) is 0. The maximum atomic E-state index is 4.27. The second kappa shape index (κ2) is 26.7. The average Bonchev–Trinajstić information content (AvgIpc) is 2.68. The molecule has 0 radical (unpaired) electrons. The molecule has 0 aliphatic heterocycles. The quantitative estimate of drug-likeness (QED) is 0.113. The van der Waals surface area contributed by atoms with Gasteiger partial charge in [0.05, 0.1) is 0 Å². The summed E-state index contributed by atoms with van der Waals surface area (Å²) < 4.78 is 0. The fraction of sp³-hybridized carbons (Fsp3) is 1.00. The van der Waals surface area contributed by atoms with E-state index < -0.39 is 0 Å². The Morgan fingerprint density at radius 3 is 0.407 bits per heavy atom. The van der Waals surface area contributed by atoms with Gasteiger partial charge in [-0.15, -0.1) is 0 Å². The van der Waals surface area contributed by atoms with Crippen LogP contribution in [-0.2, 0) is 0 Å². The molecule has 0 aromatic rings. The molecule has 0 atom stereocenters. The predicted octanol–water partition coefficient (Wildman–Crippen LogP) is 9.82. The molecule has 0 aromatic heterocycles. The van der Waals surface area contributed by atoms with E-state index in [1.807, 2.05) is 0 Å². The van der Waals surface area contributed by atoms with E-state index in [0.717, 1.165) is 11.5 Å². The Morgan fingerprint density at radius 1 is 0.185 bits per heavy atom. The summed E-state index contributed by atoms with van der Waals surface area (Å²) in [5, 5.41) is 0. The van der Waals surface area contributed by atoms with Gasteiger partial charge >= 0.3 is 0 Å². The van der Waals surface area contributed by atoms with E-state index >= 15 is 0 Å². The van der Waals surface area contributed by atoms with E-state index in [0.29, 0.717) is 0 Å². The molecule has 0 aromatic carbocycles. The van der Waals surface area contributed by atoms with E-state index in [1.54, 1.807) is 0 Å². The molecular weight excluding hydrogens is 364 g/mol. The van der Waals surface area contributed by atoms with E-state index in [9.17, 15) is 0 Å². The largest absolute Gasteiger partial charge is 0.179 e. The molecule has 0 saturated heterocycles. The van der Waals surface area contributed by atoms with Gasteiger partial charge in [-0.3, -0.25) is 0 Å². The van der Waals surface area contributed by atoms with Gasteiger partial charge in [-0.25, -0.2) is 0 Å². The minimum Gasteiger partial charge on any atom is -0.179 e. The SMILES string of the molecule is SCCCCCCCCCCCCCCCCCCCCCCCCCS. The van der Waals surface area contributed by atoms with Crippen LogP contribution in [0.5, 0.6) is 0 Å². The van der Waals surface area contributed by atoms with E-state index in [-0.39, 0.29) is 0 Å². The highest BCUT2D eigenvalue weighted by Gasteiger charge is 1.95. The standard InChI is InChI=1S/C25H52S2/c26-24-22-20-18-16-14-12-10-8-6-4-2-1-3-5-7-9-11-13-15-17-19-21-23-25-27/h26-27H,1-25H2. The number of hydrogen-bond donors (Lipinski definition) is 2. The lowest BCUT2D eigenvalue weighted by Gasteiger charge is -2.04. The summed E-state index contributed by atoms with van der Waals surface area (Å²) in [6.45, 7) is 0. The second-order valence-electron chi connectivity index (χ2n) is 8.58. The maximum absolute atomic E-state index is 4.27. The lowest BCUT2D eigenvalue weighted by Crippen LogP contribution is -1.85. The van der Waals surface area contributed by atoms with Gasteiger partial charge in [0.15, 0.2) is 0 Å². The van der Waals surface area contributed by atoms with Crippen LogP contribution >= 0.6 is 25.3 Å². The van der Waals surface area contributed by atoms with Crippen molar-refractivity contribution >= 4 is 25.3 Å². The molecule has 0 nitrogen and oxygen atoms in total. The predicted molar refractivity (Wildman–Crippen MR) is 134 cm³/mol. The molecule has 164 valence electrons. The molecule has 0 bridgehead atoms. The van der Waals surface area contributed by atoms with E-state index in [4.69, 9.17) is 0 Å². The minimum atomic E-state index is 1.07. The highest BCUT2D eigenvalue weighted by atomic mass is 32.1. The highest BCUT2D eigenvalue weighted by molar-refractivity contribution is 7.80. The van der Waals surface area contributed by atoms with Gasteiger partial charge in [-0.1, -0.05) is 135 Å². The lowest BCUT2D eigenvalue weighted by atomic mass is 10.0. The van der Waals surface area contributed by atoms with Gasteiger partial charge in [0.1, 0.15) is 0 Å². The second-order valence-corrected chi connectivity index (χ2v) is 9.47. The van der Waals surface area contributed by atoms with Crippen LogP contribution in [0.2, 0.25) is 0 Å². The Hall–Kier alpha value is 0.700. The first-order valence-corrected chi connectivity index (χ1v) is 13.9. The van der Waals surface area contributed by atoms with Crippen LogP contribution in [0.1, 0.15) is 148 Å². The minimum absolute atomic E-state index is 1.07. The molecule has 0 rings (SSSR count). The van der Waals surface area contributed by atoms with Gasteiger partial charge in [0, 0.05) is 0 Å². The summed E-state index contributed by atoms with van der Waals surface area (Å²) >= 11 is 8.54. The molecule has 0 aliphatic carbocycles. The van der Waals surface area contributed by atoms with Gasteiger partial charge in [-0.2, -0.15) is 25.3 Å². The lowest BCUT2D eigenvalue weighted by molar-refractivity contribution is 0.519. The van der Waals surface area contributed by atoms with Crippen LogP contribution in [0.15, 0.2) is 0 Å². The Labute approximate surface area is 184 Å². The molecular formula is C25H52S2. The van der Waals surface area contributed by atoms with Gasteiger partial charge < -0.3 is 0 Å². The topological polar surface area (TPSA) is 0 Å². The smallest absolute Gasteiger partial charge is 0.00979 e. The molecule has 0 spiro atoms. The van der Waals surface area contributed by atoms with Crippen molar-refractivity contribution in [2.45, 2.75) is 148 Å². The van der Waals surface area contributed by atoms with Crippen LogP contribution in [0.3, 0.4) is 0 Å². The number of hydrogen-bond acceptors (Lipinski definition) is 2. The highest BCUT2D eigenvalue weighted by Crippen LogP contribution is 2.15. The molecule has 0 unspecified atom stereocenters. The summed E-state index contributed by atoms with van der Waals surface area (Å²) in [6, 6.07) is 0. The van der Waals surface area contributed by atoms with Crippen LogP contribution in [-0.4, -0.2) is 11.5 Å². The Bertz CT molecular complexity index is 218. The van der Waals surface area contributed by atoms with Crippen molar-refractivity contribution in [1.82, 2.24) is 0 Å². The zero-order valence-corrected chi connectivity index (χ0v) is 20.4. The third kappa shape index (κ3) is 26.7. The normalized spacial score (nSPS) is 11.3. The molecule has 0 fully saturated rings. The molecule has 2 heteroatoms. The number of rotatable bonds is 24. The zero-order chi connectivity index (χ0) is 19.7. The van der Waals surface area contributed by atoms with Crippen LogP contribution < -0.4 is 0 Å². The molecule has 0 amide bonds. The van der Waals surface area contributed by atoms with Crippen molar-refractivity contribution in [3.63, 3.8) is 0 Å². The first kappa shape index (κ1) is 27.7. The van der Waals surface area contributed by atoms with Gasteiger partial charge in [0.2, 0.25) is 0 Å². The number of unbranched alkanes of at least 4 members (excludes halogenated alkanes) is 22. The summed E-state index contributed by atoms with van der Waals surface area (Å²) in [5.41, 5.74) is 0. The third-order valence-electron chi connectivity index (χ3n) is 5.82. The molecule has 0 aliphatic rings. The summed E-state index contributed by atoms with van der Waals surface area (Å²) in [5.74, 6) is 2.13. The van der Waals surface area contributed by atoms with Crippen LogP contribution in [0.25, 0.3) is 0 Å². The van der Waals surface area contributed by atoms with Crippen molar-refractivity contribution in [2.75, 3.05) is 11.5 Å². The molecule has 27 heavy (non-hydrogen) atoms. The summed E-state index contributed by atoms with van der Waals surface area (Å²) in [4.78, 5) is 0. The molecule has 0 saturated carbocycles. The monoisotopic (exact) mass is 416 g/mol. The van der Waals surface area contributed by atoms with E-state index in [1.165, 1.54) is 148 Å². The first-order valence-electron chi connectivity index (χ1n) is 12.6. The fourth-order valence-corrected chi connectivity index (χ4v) is 4.38. The third-order valence-corrected chi connectivity index (χ3v) is 6.45.